The number of carbonyl (C=O) groups excluding carboxylic acids is 2. The van der Waals surface area contributed by atoms with Gasteiger partial charge in [-0.25, -0.2) is 5.01 Å². The molecule has 3 fully saturated rings. The van der Waals surface area contributed by atoms with E-state index in [0.717, 1.165) is 42.6 Å². The minimum absolute atomic E-state index is 0.0322. The Balaban J connectivity index is 1.69. The molecular formula is C18H22N4O2S. The van der Waals surface area contributed by atoms with E-state index in [1.807, 2.05) is 17.5 Å². The van der Waals surface area contributed by atoms with Crippen LogP contribution in [0.4, 0.5) is 0 Å². The fourth-order valence-corrected chi connectivity index (χ4v) is 4.76. The lowest BCUT2D eigenvalue weighted by Crippen LogP contribution is -2.63. The van der Waals surface area contributed by atoms with E-state index in [-0.39, 0.29) is 17.9 Å². The van der Waals surface area contributed by atoms with Crippen LogP contribution in [0.1, 0.15) is 30.3 Å². The van der Waals surface area contributed by atoms with Crippen LogP contribution in [0.2, 0.25) is 0 Å². The van der Waals surface area contributed by atoms with Gasteiger partial charge in [-0.3, -0.25) is 19.6 Å². The molecule has 0 N–H and O–H groups in total. The van der Waals surface area contributed by atoms with Gasteiger partial charge in [0.25, 0.3) is 5.91 Å². The maximum Gasteiger partial charge on any atom is 0.291 e. The number of thiophene rings is 1. The van der Waals surface area contributed by atoms with Crippen molar-refractivity contribution in [3.8, 4) is 0 Å². The van der Waals surface area contributed by atoms with E-state index in [9.17, 15) is 9.59 Å². The number of hydrazine groups is 1. The van der Waals surface area contributed by atoms with Gasteiger partial charge in [0.15, 0.2) is 0 Å². The van der Waals surface area contributed by atoms with E-state index in [1.54, 1.807) is 29.6 Å². The second-order valence-electron chi connectivity index (χ2n) is 6.93. The van der Waals surface area contributed by atoms with Gasteiger partial charge in [0.2, 0.25) is 5.91 Å². The number of aromatic nitrogens is 1. The quantitative estimate of drug-likeness (QED) is 0.773. The van der Waals surface area contributed by atoms with Gasteiger partial charge < -0.3 is 4.90 Å². The number of amides is 2. The van der Waals surface area contributed by atoms with Crippen molar-refractivity contribution >= 4 is 33.2 Å². The minimum Gasteiger partial charge on any atom is -0.301 e. The fraction of sp³-hybridized carbons (Fsp3) is 0.500. The molecule has 3 aliphatic heterocycles. The summed E-state index contributed by atoms with van der Waals surface area (Å²) in [5, 5.41) is 6.15. The van der Waals surface area contributed by atoms with Gasteiger partial charge in [0.1, 0.15) is 5.69 Å². The third kappa shape index (κ3) is 2.91. The fourth-order valence-electron chi connectivity index (χ4n) is 3.96. The molecule has 0 aliphatic carbocycles. The Morgan fingerprint density at radius 2 is 2.08 bits per heavy atom. The van der Waals surface area contributed by atoms with Crippen molar-refractivity contribution in [2.75, 3.05) is 26.7 Å². The average Bonchev–Trinajstić information content (AvgIpc) is 3.10. The number of hydrogen-bond donors (Lipinski definition) is 0. The summed E-state index contributed by atoms with van der Waals surface area (Å²) in [6.45, 7) is 4.51. The monoisotopic (exact) mass is 358 g/mol. The third-order valence-corrected chi connectivity index (χ3v) is 6.36. The van der Waals surface area contributed by atoms with E-state index in [1.165, 1.54) is 11.9 Å². The molecule has 25 heavy (non-hydrogen) atoms. The lowest BCUT2D eigenvalue weighted by molar-refractivity contribution is -0.148. The topological polar surface area (TPSA) is 56.8 Å². The molecule has 1 atom stereocenters. The Hall–Kier alpha value is -1.99. The molecule has 3 aliphatic rings. The first-order chi connectivity index (χ1) is 12.0. The van der Waals surface area contributed by atoms with Crippen LogP contribution >= 0.6 is 11.3 Å². The molecule has 7 heteroatoms. The molecule has 5 rings (SSSR count). The molecule has 3 saturated heterocycles. The van der Waals surface area contributed by atoms with Crippen molar-refractivity contribution in [2.24, 2.45) is 5.92 Å². The molecule has 0 saturated carbocycles. The van der Waals surface area contributed by atoms with E-state index >= 15 is 0 Å². The van der Waals surface area contributed by atoms with Crippen molar-refractivity contribution in [1.29, 1.82) is 0 Å². The average molecular weight is 358 g/mol. The van der Waals surface area contributed by atoms with Gasteiger partial charge in [-0.15, -0.1) is 11.3 Å². The summed E-state index contributed by atoms with van der Waals surface area (Å²) in [6.07, 6.45) is 3.90. The predicted octanol–water partition coefficient (Wildman–Crippen LogP) is 2.23. The van der Waals surface area contributed by atoms with Crippen molar-refractivity contribution in [1.82, 2.24) is 19.9 Å². The Kier molecular flexibility index (Phi) is 4.21. The van der Waals surface area contributed by atoms with Crippen LogP contribution in [-0.4, -0.2) is 64.4 Å². The lowest BCUT2D eigenvalue weighted by Gasteiger charge is -2.50. The second-order valence-corrected chi connectivity index (χ2v) is 7.87. The molecule has 2 aromatic rings. The number of carbonyl (C=O) groups is 2. The second kappa shape index (κ2) is 6.38. The highest BCUT2D eigenvalue weighted by molar-refractivity contribution is 7.17. The number of hydrogen-bond acceptors (Lipinski definition) is 5. The molecule has 2 amide bonds. The number of pyridine rings is 1. The Morgan fingerprint density at radius 3 is 2.72 bits per heavy atom. The first-order valence-electron chi connectivity index (χ1n) is 8.68. The zero-order chi connectivity index (χ0) is 17.6. The first kappa shape index (κ1) is 16.5. The normalized spacial score (nSPS) is 25.1. The Morgan fingerprint density at radius 1 is 1.32 bits per heavy atom. The highest BCUT2D eigenvalue weighted by Gasteiger charge is 2.42. The summed E-state index contributed by atoms with van der Waals surface area (Å²) in [7, 11) is 1.68. The highest BCUT2D eigenvalue weighted by Crippen LogP contribution is 2.32. The maximum absolute atomic E-state index is 13.3. The standard InChI is InChI=1S/C18H22N4O2S/c1-12(23)20(2)22(16-11-21-6-3-13(16)4-7-21)18(24)15-9-17-14(10-19-15)5-8-25-17/h5,8-10,13,16H,3-4,6-7,11H2,1-2H3/t16-/m0/s1. The zero-order valence-corrected chi connectivity index (χ0v) is 15.3. The van der Waals surface area contributed by atoms with Crippen LogP contribution < -0.4 is 0 Å². The number of nitrogens with zero attached hydrogens (tertiary/aromatic N) is 4. The maximum atomic E-state index is 13.3. The smallest absolute Gasteiger partial charge is 0.291 e. The lowest BCUT2D eigenvalue weighted by atomic mass is 9.83. The van der Waals surface area contributed by atoms with Gasteiger partial charge in [-0.2, -0.15) is 0 Å². The van der Waals surface area contributed by atoms with Crippen LogP contribution in [0.5, 0.6) is 0 Å². The Bertz CT molecular complexity index is 812. The van der Waals surface area contributed by atoms with E-state index in [4.69, 9.17) is 0 Å². The third-order valence-electron chi connectivity index (χ3n) is 5.48. The van der Waals surface area contributed by atoms with E-state index in [0.29, 0.717) is 11.6 Å². The highest BCUT2D eigenvalue weighted by atomic mass is 32.1. The predicted molar refractivity (Wildman–Crippen MR) is 97.2 cm³/mol. The van der Waals surface area contributed by atoms with Crippen molar-refractivity contribution in [3.05, 3.63) is 29.4 Å². The molecule has 132 valence electrons. The van der Waals surface area contributed by atoms with Crippen LogP contribution in [0.25, 0.3) is 10.1 Å². The summed E-state index contributed by atoms with van der Waals surface area (Å²) < 4.78 is 1.04. The number of rotatable bonds is 2. The van der Waals surface area contributed by atoms with Crippen molar-refractivity contribution < 1.29 is 9.59 Å². The summed E-state index contributed by atoms with van der Waals surface area (Å²) in [4.78, 5) is 32.1. The van der Waals surface area contributed by atoms with Gasteiger partial charge >= 0.3 is 0 Å². The van der Waals surface area contributed by atoms with Gasteiger partial charge in [0.05, 0.1) is 6.04 Å². The van der Waals surface area contributed by atoms with E-state index in [2.05, 4.69) is 9.88 Å². The molecule has 2 aromatic heterocycles. The van der Waals surface area contributed by atoms with Gasteiger partial charge in [-0.1, -0.05) is 0 Å². The summed E-state index contributed by atoms with van der Waals surface area (Å²) in [6, 6.07) is 3.86. The molecule has 6 nitrogen and oxygen atoms in total. The summed E-state index contributed by atoms with van der Waals surface area (Å²) in [5.41, 5.74) is 0.402. The van der Waals surface area contributed by atoms with Crippen LogP contribution in [0.3, 0.4) is 0 Å². The molecule has 0 aromatic carbocycles. The Labute approximate surface area is 151 Å². The zero-order valence-electron chi connectivity index (χ0n) is 14.5. The minimum atomic E-state index is -0.188. The molecule has 0 spiro atoms. The van der Waals surface area contributed by atoms with Crippen LogP contribution in [0.15, 0.2) is 23.7 Å². The number of piperidine rings is 3. The molecule has 0 unspecified atom stereocenters. The van der Waals surface area contributed by atoms with Crippen molar-refractivity contribution in [3.63, 3.8) is 0 Å². The first-order valence-corrected chi connectivity index (χ1v) is 9.56. The summed E-state index contributed by atoms with van der Waals surface area (Å²) in [5.74, 6) is 0.120. The van der Waals surface area contributed by atoms with Crippen LogP contribution in [-0.2, 0) is 4.79 Å². The molecule has 2 bridgehead atoms. The molecule has 5 heterocycles. The molecular weight excluding hydrogens is 336 g/mol. The van der Waals surface area contributed by atoms with Gasteiger partial charge in [0, 0.05) is 36.8 Å². The van der Waals surface area contributed by atoms with E-state index < -0.39 is 0 Å². The molecule has 0 radical (unpaired) electrons. The van der Waals surface area contributed by atoms with Crippen molar-refractivity contribution in [2.45, 2.75) is 25.8 Å². The van der Waals surface area contributed by atoms with Crippen LogP contribution in [0, 0.1) is 5.92 Å². The SMILES string of the molecule is CC(=O)N(C)N(C(=O)c1cc2sccc2cn1)[C@H]1CN2CCC1CC2. The summed E-state index contributed by atoms with van der Waals surface area (Å²) >= 11 is 1.59. The number of fused-ring (bicyclic) bond motifs is 4. The van der Waals surface area contributed by atoms with Gasteiger partial charge in [-0.05, 0) is 49.4 Å². The largest absolute Gasteiger partial charge is 0.301 e.